The molecular formula is C15H19N3O2. The number of aliphatic carboxylic acids is 1. The van der Waals surface area contributed by atoms with Crippen molar-refractivity contribution in [3.05, 3.63) is 23.3 Å². The topological polar surface area (TPSA) is 69.2 Å². The fourth-order valence-corrected chi connectivity index (χ4v) is 2.78. The first-order valence-corrected chi connectivity index (χ1v) is 7.08. The quantitative estimate of drug-likeness (QED) is 0.897. The first-order chi connectivity index (χ1) is 9.63. The van der Waals surface area contributed by atoms with Gasteiger partial charge in [0.2, 0.25) is 5.95 Å². The lowest BCUT2D eigenvalue weighted by molar-refractivity contribution is -0.136. The highest BCUT2D eigenvalue weighted by molar-refractivity contribution is 5.80. The van der Waals surface area contributed by atoms with E-state index in [0.717, 1.165) is 29.8 Å². The summed E-state index contributed by atoms with van der Waals surface area (Å²) in [6.45, 7) is 0.453. The van der Waals surface area contributed by atoms with Crippen molar-refractivity contribution in [3.63, 3.8) is 0 Å². The maximum absolute atomic E-state index is 10.6. The highest BCUT2D eigenvalue weighted by Gasteiger charge is 2.14. The molecule has 20 heavy (non-hydrogen) atoms. The summed E-state index contributed by atoms with van der Waals surface area (Å²) in [6, 6.07) is 4.38. The number of rotatable bonds is 4. The largest absolute Gasteiger partial charge is 0.481 e. The molecular weight excluding hydrogens is 254 g/mol. The zero-order valence-electron chi connectivity index (χ0n) is 11.6. The molecule has 0 spiro atoms. The molecule has 1 aromatic carbocycles. The molecule has 0 bridgehead atoms. The van der Waals surface area contributed by atoms with Gasteiger partial charge in [-0.3, -0.25) is 4.79 Å². The van der Waals surface area contributed by atoms with E-state index in [0.29, 0.717) is 6.54 Å². The third-order valence-corrected chi connectivity index (χ3v) is 3.96. The van der Waals surface area contributed by atoms with Crippen LogP contribution < -0.4 is 4.90 Å². The highest BCUT2D eigenvalue weighted by atomic mass is 16.4. The van der Waals surface area contributed by atoms with Crippen molar-refractivity contribution in [1.29, 1.82) is 0 Å². The average molecular weight is 273 g/mol. The van der Waals surface area contributed by atoms with Crippen LogP contribution in [0.25, 0.3) is 11.0 Å². The number of anilines is 1. The minimum Gasteiger partial charge on any atom is -0.481 e. The van der Waals surface area contributed by atoms with Gasteiger partial charge in [-0.15, -0.1) is 0 Å². The van der Waals surface area contributed by atoms with Crippen LogP contribution >= 0.6 is 0 Å². The maximum atomic E-state index is 10.6. The van der Waals surface area contributed by atoms with E-state index in [-0.39, 0.29) is 6.42 Å². The standard InChI is InChI=1S/C15H19N3O2/c1-18(7-6-14(19)20)15-16-12-8-10-4-2-3-5-11(10)9-13(12)17-15/h8-9H,2-7H2,1H3,(H,16,17)(H,19,20). The van der Waals surface area contributed by atoms with Crippen molar-refractivity contribution >= 4 is 23.0 Å². The number of H-pyrrole nitrogens is 1. The number of nitrogens with zero attached hydrogens (tertiary/aromatic N) is 2. The van der Waals surface area contributed by atoms with Crippen LogP contribution in [0.4, 0.5) is 5.95 Å². The van der Waals surface area contributed by atoms with Crippen LogP contribution in [0.15, 0.2) is 12.1 Å². The van der Waals surface area contributed by atoms with E-state index >= 15 is 0 Å². The molecule has 0 amide bonds. The molecule has 0 unspecified atom stereocenters. The van der Waals surface area contributed by atoms with Gasteiger partial charge in [-0.25, -0.2) is 4.98 Å². The number of carboxylic acids is 1. The summed E-state index contributed by atoms with van der Waals surface area (Å²) >= 11 is 0. The first-order valence-electron chi connectivity index (χ1n) is 7.08. The third kappa shape index (κ3) is 2.48. The van der Waals surface area contributed by atoms with Crippen LogP contribution in [-0.4, -0.2) is 34.6 Å². The van der Waals surface area contributed by atoms with Gasteiger partial charge in [0.25, 0.3) is 0 Å². The predicted molar refractivity (Wildman–Crippen MR) is 78.3 cm³/mol. The minimum absolute atomic E-state index is 0.115. The smallest absolute Gasteiger partial charge is 0.305 e. The summed E-state index contributed by atoms with van der Waals surface area (Å²) in [7, 11) is 1.86. The molecule has 5 nitrogen and oxygen atoms in total. The van der Waals surface area contributed by atoms with E-state index in [1.165, 1.54) is 24.0 Å². The van der Waals surface area contributed by atoms with Gasteiger partial charge in [-0.1, -0.05) is 0 Å². The summed E-state index contributed by atoms with van der Waals surface area (Å²) in [5.74, 6) is -0.0491. The lowest BCUT2D eigenvalue weighted by Gasteiger charge is -2.14. The monoisotopic (exact) mass is 273 g/mol. The summed E-state index contributed by atoms with van der Waals surface area (Å²) < 4.78 is 0. The first kappa shape index (κ1) is 13.0. The summed E-state index contributed by atoms with van der Waals surface area (Å²) in [5.41, 5.74) is 4.85. The number of fused-ring (bicyclic) bond motifs is 2. The molecule has 1 aliphatic rings. The highest BCUT2D eigenvalue weighted by Crippen LogP contribution is 2.26. The molecule has 3 rings (SSSR count). The second kappa shape index (κ2) is 5.15. The molecule has 106 valence electrons. The van der Waals surface area contributed by atoms with E-state index in [9.17, 15) is 4.79 Å². The molecule has 1 aromatic heterocycles. The summed E-state index contributed by atoms with van der Waals surface area (Å²) in [5, 5.41) is 8.74. The van der Waals surface area contributed by atoms with Crippen LogP contribution in [0.2, 0.25) is 0 Å². The normalized spacial score (nSPS) is 14.2. The number of hydrogen-bond acceptors (Lipinski definition) is 3. The molecule has 2 aromatic rings. The fourth-order valence-electron chi connectivity index (χ4n) is 2.78. The van der Waals surface area contributed by atoms with Gasteiger partial charge in [0.1, 0.15) is 0 Å². The number of aryl methyl sites for hydroxylation is 2. The Kier molecular flexibility index (Phi) is 3.34. The Morgan fingerprint density at radius 1 is 1.35 bits per heavy atom. The van der Waals surface area contributed by atoms with Gasteiger partial charge >= 0.3 is 5.97 Å². The zero-order chi connectivity index (χ0) is 14.1. The zero-order valence-corrected chi connectivity index (χ0v) is 11.6. The molecule has 0 radical (unpaired) electrons. The Hall–Kier alpha value is -2.04. The van der Waals surface area contributed by atoms with Crippen LogP contribution in [-0.2, 0) is 17.6 Å². The Labute approximate surface area is 117 Å². The van der Waals surface area contributed by atoms with Gasteiger partial charge in [0.05, 0.1) is 17.5 Å². The number of hydrogen-bond donors (Lipinski definition) is 2. The van der Waals surface area contributed by atoms with Gasteiger partial charge in [-0.05, 0) is 48.9 Å². The van der Waals surface area contributed by atoms with Crippen molar-refractivity contribution in [2.75, 3.05) is 18.5 Å². The van der Waals surface area contributed by atoms with E-state index in [1.54, 1.807) is 0 Å². The van der Waals surface area contributed by atoms with Crippen molar-refractivity contribution in [2.24, 2.45) is 0 Å². The summed E-state index contributed by atoms with van der Waals surface area (Å²) in [6.07, 6.45) is 4.92. The van der Waals surface area contributed by atoms with E-state index in [1.807, 2.05) is 11.9 Å². The van der Waals surface area contributed by atoms with E-state index < -0.39 is 5.97 Å². The molecule has 0 fully saturated rings. The van der Waals surface area contributed by atoms with Gasteiger partial charge in [0.15, 0.2) is 0 Å². The Morgan fingerprint density at radius 2 is 2.05 bits per heavy atom. The Balaban J connectivity index is 1.88. The predicted octanol–water partition coefficient (Wildman–Crippen LogP) is 2.35. The molecule has 2 N–H and O–H groups in total. The number of carboxylic acid groups (broad SMARTS) is 1. The van der Waals surface area contributed by atoms with Gasteiger partial charge in [0, 0.05) is 13.6 Å². The second-order valence-corrected chi connectivity index (χ2v) is 5.47. The van der Waals surface area contributed by atoms with Crippen LogP contribution in [0.5, 0.6) is 0 Å². The SMILES string of the molecule is CN(CCC(=O)O)c1nc2cc3c(cc2[nH]1)CCCC3. The van der Waals surface area contributed by atoms with Crippen molar-refractivity contribution in [1.82, 2.24) is 9.97 Å². The molecule has 1 aliphatic carbocycles. The van der Waals surface area contributed by atoms with E-state index in [2.05, 4.69) is 22.1 Å². The van der Waals surface area contributed by atoms with Crippen molar-refractivity contribution < 1.29 is 9.90 Å². The minimum atomic E-state index is -0.788. The number of nitrogens with one attached hydrogen (secondary N) is 1. The van der Waals surface area contributed by atoms with Crippen LogP contribution in [0, 0.1) is 0 Å². The maximum Gasteiger partial charge on any atom is 0.305 e. The Bertz CT molecular complexity index is 605. The van der Waals surface area contributed by atoms with Gasteiger partial charge in [-0.2, -0.15) is 0 Å². The average Bonchev–Trinajstić information content (AvgIpc) is 2.84. The molecule has 1 heterocycles. The number of carbonyl (C=O) groups is 1. The number of imidazole rings is 1. The van der Waals surface area contributed by atoms with Crippen molar-refractivity contribution in [2.45, 2.75) is 32.1 Å². The third-order valence-electron chi connectivity index (χ3n) is 3.96. The van der Waals surface area contributed by atoms with Crippen LogP contribution in [0.1, 0.15) is 30.4 Å². The van der Waals surface area contributed by atoms with Crippen LogP contribution in [0.3, 0.4) is 0 Å². The van der Waals surface area contributed by atoms with E-state index in [4.69, 9.17) is 5.11 Å². The second-order valence-electron chi connectivity index (χ2n) is 5.47. The molecule has 0 aliphatic heterocycles. The lowest BCUT2D eigenvalue weighted by atomic mass is 9.91. The summed E-state index contributed by atoms with van der Waals surface area (Å²) in [4.78, 5) is 20.3. The number of benzene rings is 1. The lowest BCUT2D eigenvalue weighted by Crippen LogP contribution is -2.21. The molecule has 0 atom stereocenters. The molecule has 0 saturated heterocycles. The van der Waals surface area contributed by atoms with Crippen molar-refractivity contribution in [3.8, 4) is 0 Å². The number of aromatic nitrogens is 2. The number of aromatic amines is 1. The van der Waals surface area contributed by atoms with Gasteiger partial charge < -0.3 is 15.0 Å². The fraction of sp³-hybridized carbons (Fsp3) is 0.467. The molecule has 5 heteroatoms. The molecule has 0 saturated carbocycles. The Morgan fingerprint density at radius 3 is 2.75 bits per heavy atom.